The van der Waals surface area contributed by atoms with Crippen LogP contribution in [0.4, 0.5) is 0 Å². The molecule has 0 bridgehead atoms. The lowest BCUT2D eigenvalue weighted by molar-refractivity contribution is -0.151. The number of rotatable bonds is 49. The molecule has 0 saturated heterocycles. The van der Waals surface area contributed by atoms with Crippen molar-refractivity contribution in [3.63, 3.8) is 0 Å². The minimum Gasteiger partial charge on any atom is -0.462 e. The largest absolute Gasteiger partial charge is 0.462 e. The van der Waals surface area contributed by atoms with Crippen molar-refractivity contribution in [2.75, 3.05) is 6.61 Å². The Labute approximate surface area is 391 Å². The third-order valence-electron chi connectivity index (χ3n) is 12.5. The van der Waals surface area contributed by atoms with Crippen LogP contribution in [-0.4, -0.2) is 46.9 Å². The summed E-state index contributed by atoms with van der Waals surface area (Å²) in [6, 6.07) is -0.707. The maximum absolute atomic E-state index is 13.2. The molecule has 0 aliphatic carbocycles. The Morgan fingerprint density at radius 2 is 0.873 bits per heavy atom. The molecule has 6 heteroatoms. The van der Waals surface area contributed by atoms with Gasteiger partial charge >= 0.3 is 5.97 Å². The number of unbranched alkanes of at least 4 members (excludes halogenated alkanes) is 31. The van der Waals surface area contributed by atoms with E-state index in [9.17, 15) is 19.8 Å². The number of carbonyl (C=O) groups is 2. The Hall–Kier alpha value is -2.18. The van der Waals surface area contributed by atoms with Gasteiger partial charge in [0.1, 0.15) is 6.10 Å². The van der Waals surface area contributed by atoms with Crippen LogP contribution in [0.1, 0.15) is 278 Å². The Balaban J connectivity index is 4.58. The molecule has 3 N–H and O–H groups in total. The zero-order chi connectivity index (χ0) is 45.9. The zero-order valence-electron chi connectivity index (χ0n) is 42.0. The molecule has 3 unspecified atom stereocenters. The molecule has 0 aromatic rings. The Morgan fingerprint density at radius 3 is 1.33 bits per heavy atom. The third-order valence-corrected chi connectivity index (χ3v) is 12.5. The molecule has 368 valence electrons. The van der Waals surface area contributed by atoms with Crippen LogP contribution in [0.3, 0.4) is 0 Å². The zero-order valence-corrected chi connectivity index (χ0v) is 42.0. The lowest BCUT2D eigenvalue weighted by Gasteiger charge is -2.24. The second-order valence-electron chi connectivity index (χ2n) is 18.7. The number of hydrogen-bond acceptors (Lipinski definition) is 5. The molecule has 0 rings (SSSR count). The number of aliphatic hydroxyl groups excluding tert-OH is 2. The Kier molecular flexibility index (Phi) is 49.1. The van der Waals surface area contributed by atoms with Crippen molar-refractivity contribution in [2.24, 2.45) is 0 Å². The fraction of sp³-hybridized carbons (Fsp3) is 0.825. The van der Waals surface area contributed by atoms with E-state index in [-0.39, 0.29) is 24.9 Å². The number of allylic oxidation sites excluding steroid dienone is 8. The van der Waals surface area contributed by atoms with Crippen molar-refractivity contribution in [1.82, 2.24) is 5.32 Å². The van der Waals surface area contributed by atoms with Gasteiger partial charge in [-0.05, 0) is 70.6 Å². The van der Waals surface area contributed by atoms with E-state index >= 15 is 0 Å². The molecule has 0 saturated carbocycles. The lowest BCUT2D eigenvalue weighted by Crippen LogP contribution is -2.46. The van der Waals surface area contributed by atoms with Crippen LogP contribution in [0.2, 0.25) is 0 Å². The van der Waals surface area contributed by atoms with Gasteiger partial charge in [0, 0.05) is 6.42 Å². The molecule has 6 nitrogen and oxygen atoms in total. The number of nitrogens with one attached hydrogen (secondary N) is 1. The molecule has 1 amide bonds. The van der Waals surface area contributed by atoms with Gasteiger partial charge in [0.15, 0.2) is 0 Å². The molecule has 0 heterocycles. The predicted molar refractivity (Wildman–Crippen MR) is 273 cm³/mol. The summed E-state index contributed by atoms with van der Waals surface area (Å²) >= 11 is 0. The van der Waals surface area contributed by atoms with E-state index in [1.165, 1.54) is 148 Å². The highest BCUT2D eigenvalue weighted by Gasteiger charge is 2.24. The van der Waals surface area contributed by atoms with Gasteiger partial charge in [0.2, 0.25) is 5.91 Å². The number of aliphatic hydroxyl groups is 2. The van der Waals surface area contributed by atoms with Crippen LogP contribution in [0, 0.1) is 0 Å². The van der Waals surface area contributed by atoms with E-state index in [0.29, 0.717) is 19.3 Å². The Bertz CT molecular complexity index is 1080. The van der Waals surface area contributed by atoms with Gasteiger partial charge in [-0.3, -0.25) is 9.59 Å². The van der Waals surface area contributed by atoms with E-state index in [4.69, 9.17) is 4.74 Å². The van der Waals surface area contributed by atoms with E-state index in [1.54, 1.807) is 0 Å². The number of ether oxygens (including phenoxy) is 1. The summed E-state index contributed by atoms with van der Waals surface area (Å²) in [6.45, 7) is 6.36. The highest BCUT2D eigenvalue weighted by Crippen LogP contribution is 2.18. The summed E-state index contributed by atoms with van der Waals surface area (Å²) in [5.41, 5.74) is 0. The number of esters is 1. The maximum Gasteiger partial charge on any atom is 0.306 e. The first-order valence-electron chi connectivity index (χ1n) is 27.4. The smallest absolute Gasteiger partial charge is 0.306 e. The second kappa shape index (κ2) is 50.8. The summed E-state index contributed by atoms with van der Waals surface area (Å²) < 4.78 is 5.94. The highest BCUT2D eigenvalue weighted by molar-refractivity contribution is 5.77. The molecule has 0 aromatic heterocycles. The number of amides is 1. The van der Waals surface area contributed by atoms with Crippen molar-refractivity contribution in [3.05, 3.63) is 48.6 Å². The molecule has 0 aliphatic rings. The first-order valence-corrected chi connectivity index (χ1v) is 27.4. The normalized spacial score (nSPS) is 13.5. The van der Waals surface area contributed by atoms with Crippen LogP contribution >= 0.6 is 0 Å². The molecule has 0 aromatic carbocycles. The maximum atomic E-state index is 13.2. The third kappa shape index (κ3) is 46.2. The van der Waals surface area contributed by atoms with E-state index in [2.05, 4.69) is 74.7 Å². The van der Waals surface area contributed by atoms with Gasteiger partial charge in [0.25, 0.3) is 0 Å². The standard InChI is InChI=1S/C57H105NO5/c1-4-7-10-13-16-19-22-25-27-28-29-31-33-36-39-42-45-48-53(63-57(62)50-47-44-41-38-35-30-24-21-18-15-12-9-6-3)51-56(61)58-54(52-59)55(60)49-46-43-40-37-34-32-26-23-20-17-14-11-8-5-2/h9,12,15,18,21,24-25,27,53-55,59-60H,4-8,10-11,13-14,16-17,19-20,22-23,26,28-52H2,1-3H3,(H,58,61)/b12-9+,18-15+,24-21-,27-25+. The van der Waals surface area contributed by atoms with E-state index < -0.39 is 18.2 Å². The summed E-state index contributed by atoms with van der Waals surface area (Å²) in [7, 11) is 0. The van der Waals surface area contributed by atoms with E-state index in [0.717, 1.165) is 83.5 Å². The fourth-order valence-corrected chi connectivity index (χ4v) is 8.31. The summed E-state index contributed by atoms with van der Waals surface area (Å²) in [4.78, 5) is 26.2. The quantitative estimate of drug-likeness (QED) is 0.0245. The molecule has 63 heavy (non-hydrogen) atoms. The predicted octanol–water partition coefficient (Wildman–Crippen LogP) is 16.6. The van der Waals surface area contributed by atoms with Crippen LogP contribution in [-0.2, 0) is 14.3 Å². The van der Waals surface area contributed by atoms with Crippen molar-refractivity contribution in [1.29, 1.82) is 0 Å². The fourth-order valence-electron chi connectivity index (χ4n) is 8.31. The van der Waals surface area contributed by atoms with Gasteiger partial charge < -0.3 is 20.3 Å². The van der Waals surface area contributed by atoms with Gasteiger partial charge in [-0.15, -0.1) is 0 Å². The molecule has 0 aliphatic heterocycles. The molecular formula is C57H105NO5. The molecule has 3 atom stereocenters. The average Bonchev–Trinajstić information content (AvgIpc) is 3.28. The summed E-state index contributed by atoms with van der Waals surface area (Å²) in [6.07, 6.45) is 61.7. The first-order chi connectivity index (χ1) is 31.0. The summed E-state index contributed by atoms with van der Waals surface area (Å²) in [5, 5.41) is 23.8. The van der Waals surface area contributed by atoms with Crippen LogP contribution in [0.25, 0.3) is 0 Å². The molecular weight excluding hydrogens is 779 g/mol. The van der Waals surface area contributed by atoms with Gasteiger partial charge in [0.05, 0.1) is 25.2 Å². The van der Waals surface area contributed by atoms with Crippen molar-refractivity contribution >= 4 is 11.9 Å². The topological polar surface area (TPSA) is 95.9 Å². The number of carbonyl (C=O) groups excluding carboxylic acids is 2. The highest BCUT2D eigenvalue weighted by atomic mass is 16.5. The van der Waals surface area contributed by atoms with Crippen molar-refractivity contribution in [2.45, 2.75) is 296 Å². The van der Waals surface area contributed by atoms with Crippen LogP contribution < -0.4 is 5.32 Å². The van der Waals surface area contributed by atoms with E-state index in [1.807, 2.05) is 0 Å². The molecule has 0 fully saturated rings. The van der Waals surface area contributed by atoms with Crippen LogP contribution in [0.5, 0.6) is 0 Å². The minimum absolute atomic E-state index is 0.0673. The van der Waals surface area contributed by atoms with Crippen LogP contribution in [0.15, 0.2) is 48.6 Å². The monoisotopic (exact) mass is 884 g/mol. The Morgan fingerprint density at radius 1 is 0.476 bits per heavy atom. The second-order valence-corrected chi connectivity index (χ2v) is 18.7. The SMILES string of the molecule is CC/C=C/C=C/C=C\CCCCCCCC(=O)OC(CCCCCCCCC/C=C/CCCCCCCC)CC(=O)NC(CO)C(O)CCCCCCCCCCCCCCCC. The minimum atomic E-state index is -0.792. The first kappa shape index (κ1) is 60.8. The van der Waals surface area contributed by atoms with Gasteiger partial charge in [-0.2, -0.15) is 0 Å². The van der Waals surface area contributed by atoms with Crippen molar-refractivity contribution < 1.29 is 24.5 Å². The molecule has 0 spiro atoms. The lowest BCUT2D eigenvalue weighted by atomic mass is 10.0. The van der Waals surface area contributed by atoms with Gasteiger partial charge in [-0.25, -0.2) is 0 Å². The number of hydrogen-bond donors (Lipinski definition) is 3. The summed E-state index contributed by atoms with van der Waals surface area (Å²) in [5.74, 6) is -0.493. The molecule has 0 radical (unpaired) electrons. The average molecular weight is 884 g/mol. The van der Waals surface area contributed by atoms with Crippen molar-refractivity contribution in [3.8, 4) is 0 Å². The van der Waals surface area contributed by atoms with Gasteiger partial charge in [-0.1, -0.05) is 243 Å².